The second kappa shape index (κ2) is 14.0. The highest BCUT2D eigenvalue weighted by molar-refractivity contribution is 7.07. The third-order valence-electron chi connectivity index (χ3n) is 6.25. The van der Waals surface area contributed by atoms with Gasteiger partial charge < -0.3 is 23.7 Å². The lowest BCUT2D eigenvalue weighted by Crippen LogP contribution is -2.40. The summed E-state index contributed by atoms with van der Waals surface area (Å²) in [6.07, 6.45) is 1.73. The number of carbonyl (C=O) groups is 2. The quantitative estimate of drug-likeness (QED) is 0.293. The van der Waals surface area contributed by atoms with Gasteiger partial charge in [-0.3, -0.25) is 9.36 Å². The van der Waals surface area contributed by atoms with Crippen molar-refractivity contribution in [3.63, 3.8) is 0 Å². The molecule has 1 atom stereocenters. The number of esters is 2. The predicted molar refractivity (Wildman–Crippen MR) is 158 cm³/mol. The minimum atomic E-state index is -0.789. The first-order valence-corrected chi connectivity index (χ1v) is 14.6. The van der Waals surface area contributed by atoms with Gasteiger partial charge in [0.25, 0.3) is 5.56 Å². The number of allylic oxidation sites excluding steroid dienone is 1. The van der Waals surface area contributed by atoms with Crippen LogP contribution < -0.4 is 29.1 Å². The average molecular weight is 595 g/mol. The van der Waals surface area contributed by atoms with Crippen molar-refractivity contribution in [1.82, 2.24) is 4.57 Å². The fourth-order valence-corrected chi connectivity index (χ4v) is 5.62. The molecule has 4 rings (SSSR count). The Morgan fingerprint density at radius 3 is 2.33 bits per heavy atom. The van der Waals surface area contributed by atoms with E-state index >= 15 is 0 Å². The Hall–Kier alpha value is -4.38. The summed E-state index contributed by atoms with van der Waals surface area (Å²) in [6.45, 7) is 9.88. The number of hydrogen-bond acceptors (Lipinski definition) is 10. The SMILES string of the molecule is CCOC(=O)COc1ccc(/C=c2\sc3n(c2=O)[C@@H](c2ccccc2OCC)C(C(=O)OCC)=C(C)N=3)cc1OCC. The van der Waals surface area contributed by atoms with Crippen molar-refractivity contribution in [2.75, 3.05) is 33.0 Å². The van der Waals surface area contributed by atoms with E-state index in [0.717, 1.165) is 0 Å². The summed E-state index contributed by atoms with van der Waals surface area (Å²) in [5.41, 5.74) is 1.78. The molecule has 3 aromatic rings. The molecule has 0 N–H and O–H groups in total. The highest BCUT2D eigenvalue weighted by atomic mass is 32.1. The molecule has 0 unspecified atom stereocenters. The number of thiazole rings is 1. The molecule has 2 heterocycles. The van der Waals surface area contributed by atoms with Crippen LogP contribution in [0.15, 0.2) is 63.5 Å². The van der Waals surface area contributed by atoms with Gasteiger partial charge in [-0.1, -0.05) is 35.6 Å². The van der Waals surface area contributed by atoms with Gasteiger partial charge >= 0.3 is 11.9 Å². The summed E-state index contributed by atoms with van der Waals surface area (Å²) >= 11 is 1.22. The largest absolute Gasteiger partial charge is 0.494 e. The third kappa shape index (κ3) is 6.57. The number of aromatic nitrogens is 1. The maximum absolute atomic E-state index is 14.0. The summed E-state index contributed by atoms with van der Waals surface area (Å²) in [6, 6.07) is 11.7. The maximum atomic E-state index is 14.0. The summed E-state index contributed by atoms with van der Waals surface area (Å²) in [5, 5.41) is 0. The van der Waals surface area contributed by atoms with Crippen LogP contribution in [0.5, 0.6) is 17.2 Å². The van der Waals surface area contributed by atoms with Gasteiger partial charge in [0, 0.05) is 5.56 Å². The van der Waals surface area contributed by atoms with E-state index < -0.39 is 18.0 Å². The van der Waals surface area contributed by atoms with Gasteiger partial charge in [-0.2, -0.15) is 0 Å². The zero-order valence-corrected chi connectivity index (χ0v) is 25.1. The minimum absolute atomic E-state index is 0.182. The zero-order valence-electron chi connectivity index (χ0n) is 24.3. The standard InChI is InChI=1S/C31H34N2O8S/c1-6-37-22-13-11-10-12-21(22)28-27(30(36)40-9-4)19(5)32-31-33(28)29(35)25(42-31)17-20-14-15-23(24(16-20)38-7-2)41-18-26(34)39-8-3/h10-17,28H,6-9,18H2,1-5H3/b25-17-/t28-/m0/s1. The van der Waals surface area contributed by atoms with Crippen molar-refractivity contribution in [2.24, 2.45) is 4.99 Å². The molecule has 0 radical (unpaired) electrons. The van der Waals surface area contributed by atoms with Gasteiger partial charge in [-0.25, -0.2) is 14.6 Å². The van der Waals surface area contributed by atoms with Gasteiger partial charge in [0.15, 0.2) is 22.9 Å². The highest BCUT2D eigenvalue weighted by Gasteiger charge is 2.35. The molecule has 0 spiro atoms. The maximum Gasteiger partial charge on any atom is 0.344 e. The molecule has 0 saturated heterocycles. The van der Waals surface area contributed by atoms with Crippen LogP contribution >= 0.6 is 11.3 Å². The van der Waals surface area contributed by atoms with Crippen molar-refractivity contribution in [1.29, 1.82) is 0 Å². The normalized spacial score (nSPS) is 14.6. The van der Waals surface area contributed by atoms with Crippen LogP contribution in [0.25, 0.3) is 6.08 Å². The lowest BCUT2D eigenvalue weighted by molar-refractivity contribution is -0.145. The second-order valence-corrected chi connectivity index (χ2v) is 10.0. The third-order valence-corrected chi connectivity index (χ3v) is 7.23. The second-order valence-electron chi connectivity index (χ2n) is 9.01. The van der Waals surface area contributed by atoms with E-state index in [1.54, 1.807) is 45.0 Å². The highest BCUT2D eigenvalue weighted by Crippen LogP contribution is 2.36. The monoisotopic (exact) mass is 594 g/mol. The van der Waals surface area contributed by atoms with Crippen LogP contribution in [0.1, 0.15) is 51.8 Å². The van der Waals surface area contributed by atoms with E-state index in [0.29, 0.717) is 56.6 Å². The number of para-hydroxylation sites is 1. The lowest BCUT2D eigenvalue weighted by Gasteiger charge is -2.26. The number of benzene rings is 2. The lowest BCUT2D eigenvalue weighted by atomic mass is 9.95. The molecule has 0 fully saturated rings. The summed E-state index contributed by atoms with van der Waals surface area (Å²) in [7, 11) is 0. The number of nitrogens with zero attached hydrogens (tertiary/aromatic N) is 2. The van der Waals surface area contributed by atoms with Gasteiger partial charge in [-0.15, -0.1) is 0 Å². The minimum Gasteiger partial charge on any atom is -0.494 e. The Morgan fingerprint density at radius 2 is 1.62 bits per heavy atom. The number of fused-ring (bicyclic) bond motifs is 1. The summed E-state index contributed by atoms with van der Waals surface area (Å²) in [5.74, 6) is 0.348. The van der Waals surface area contributed by atoms with Gasteiger partial charge in [-0.05, 0) is 64.5 Å². The Labute approximate surface area is 247 Å². The van der Waals surface area contributed by atoms with E-state index in [2.05, 4.69) is 4.99 Å². The van der Waals surface area contributed by atoms with E-state index in [1.807, 2.05) is 38.1 Å². The molecule has 1 aliphatic rings. The predicted octanol–water partition coefficient (Wildman–Crippen LogP) is 3.54. The molecule has 42 heavy (non-hydrogen) atoms. The molecule has 0 bridgehead atoms. The van der Waals surface area contributed by atoms with Crippen molar-refractivity contribution >= 4 is 29.4 Å². The van der Waals surface area contributed by atoms with Crippen molar-refractivity contribution < 1.29 is 33.3 Å². The molecule has 1 aromatic heterocycles. The summed E-state index contributed by atoms with van der Waals surface area (Å²) in [4.78, 5) is 44.0. The molecule has 0 aliphatic carbocycles. The first kappa shape index (κ1) is 30.6. The number of rotatable bonds is 12. The van der Waals surface area contributed by atoms with E-state index in [1.165, 1.54) is 15.9 Å². The Morgan fingerprint density at radius 1 is 0.905 bits per heavy atom. The topological polar surface area (TPSA) is 115 Å². The number of carbonyl (C=O) groups excluding carboxylic acids is 2. The number of ether oxygens (including phenoxy) is 5. The molecular formula is C31H34N2O8S. The fourth-order valence-electron chi connectivity index (χ4n) is 4.57. The van der Waals surface area contributed by atoms with Crippen LogP contribution in [0.2, 0.25) is 0 Å². The van der Waals surface area contributed by atoms with E-state index in [9.17, 15) is 14.4 Å². The zero-order chi connectivity index (χ0) is 30.2. The Bertz CT molecular complexity index is 1670. The molecule has 222 valence electrons. The van der Waals surface area contributed by atoms with Crippen LogP contribution in [0, 0.1) is 0 Å². The van der Waals surface area contributed by atoms with Crippen LogP contribution in [-0.2, 0) is 19.1 Å². The smallest absolute Gasteiger partial charge is 0.344 e. The van der Waals surface area contributed by atoms with Crippen LogP contribution in [-0.4, -0.2) is 49.5 Å². The first-order valence-electron chi connectivity index (χ1n) is 13.8. The molecule has 0 amide bonds. The van der Waals surface area contributed by atoms with Crippen molar-refractivity contribution in [3.8, 4) is 17.2 Å². The average Bonchev–Trinajstić information content (AvgIpc) is 3.26. The van der Waals surface area contributed by atoms with Gasteiger partial charge in [0.1, 0.15) is 11.8 Å². The molecule has 11 heteroatoms. The van der Waals surface area contributed by atoms with Crippen LogP contribution in [0.3, 0.4) is 0 Å². The summed E-state index contributed by atoms with van der Waals surface area (Å²) < 4.78 is 29.5. The van der Waals surface area contributed by atoms with E-state index in [-0.39, 0.29) is 31.0 Å². The molecule has 2 aromatic carbocycles. The number of hydrogen-bond donors (Lipinski definition) is 0. The van der Waals surface area contributed by atoms with Crippen LogP contribution in [0.4, 0.5) is 0 Å². The molecule has 0 saturated carbocycles. The fraction of sp³-hybridized carbons (Fsp3) is 0.355. The van der Waals surface area contributed by atoms with Gasteiger partial charge in [0.05, 0.1) is 42.2 Å². The Balaban J connectivity index is 1.83. The molecule has 1 aliphatic heterocycles. The molecular weight excluding hydrogens is 560 g/mol. The first-order chi connectivity index (χ1) is 20.3. The molecule has 10 nitrogen and oxygen atoms in total. The Kier molecular flexibility index (Phi) is 10.2. The van der Waals surface area contributed by atoms with Crippen molar-refractivity contribution in [3.05, 3.63) is 84.5 Å². The van der Waals surface area contributed by atoms with E-state index in [4.69, 9.17) is 23.7 Å². The van der Waals surface area contributed by atoms with Crippen molar-refractivity contribution in [2.45, 2.75) is 40.7 Å². The van der Waals surface area contributed by atoms with Gasteiger partial charge in [0.2, 0.25) is 0 Å².